The number of amides is 1. The second-order valence-electron chi connectivity index (χ2n) is 5.53. The fourth-order valence-corrected chi connectivity index (χ4v) is 2.33. The first-order valence-corrected chi connectivity index (χ1v) is 8.22. The van der Waals surface area contributed by atoms with Crippen LogP contribution in [0.5, 0.6) is 5.75 Å². The molecule has 2 aromatic heterocycles. The maximum absolute atomic E-state index is 11.9. The molecule has 0 aliphatic rings. The number of methoxy groups -OCH3 is 1. The predicted molar refractivity (Wildman–Crippen MR) is 97.4 cm³/mol. The minimum Gasteiger partial charge on any atom is -0.497 e. The summed E-state index contributed by atoms with van der Waals surface area (Å²) in [6, 6.07) is 12.9. The first-order chi connectivity index (χ1) is 12.7. The fourth-order valence-electron chi connectivity index (χ4n) is 2.33. The smallest absolute Gasteiger partial charge is 0.224 e. The summed E-state index contributed by atoms with van der Waals surface area (Å²) < 4.78 is 6.73. The highest BCUT2D eigenvalue weighted by Crippen LogP contribution is 2.11. The standard InChI is InChI=1S/C18H20N6O2/c1-26-15-5-3-14(4-6-15)13-18(25)20-11-10-19-16-7-8-17(23-22-16)24-12-2-9-21-24/h2-9,12H,10-11,13H2,1H3,(H,19,22)(H,20,25). The lowest BCUT2D eigenvalue weighted by Gasteiger charge is -2.08. The van der Waals surface area contributed by atoms with Crippen LogP contribution in [-0.2, 0) is 11.2 Å². The molecular weight excluding hydrogens is 332 g/mol. The van der Waals surface area contributed by atoms with Crippen molar-refractivity contribution >= 4 is 11.7 Å². The second kappa shape index (κ2) is 8.61. The Hall–Kier alpha value is -3.42. The van der Waals surface area contributed by atoms with E-state index in [0.29, 0.717) is 31.1 Å². The highest BCUT2D eigenvalue weighted by Gasteiger charge is 2.04. The molecule has 26 heavy (non-hydrogen) atoms. The van der Waals surface area contributed by atoms with E-state index in [-0.39, 0.29) is 5.91 Å². The Morgan fingerprint density at radius 2 is 1.96 bits per heavy atom. The van der Waals surface area contributed by atoms with Gasteiger partial charge in [0.25, 0.3) is 0 Å². The first kappa shape index (κ1) is 17.4. The van der Waals surface area contributed by atoms with Crippen molar-refractivity contribution in [3.8, 4) is 11.6 Å². The summed E-state index contributed by atoms with van der Waals surface area (Å²) in [7, 11) is 1.62. The van der Waals surface area contributed by atoms with Gasteiger partial charge in [-0.25, -0.2) is 4.68 Å². The predicted octanol–water partition coefficient (Wildman–Crippen LogP) is 1.44. The van der Waals surface area contributed by atoms with Crippen molar-refractivity contribution in [2.75, 3.05) is 25.5 Å². The average molecular weight is 352 g/mol. The van der Waals surface area contributed by atoms with Gasteiger partial charge in [-0.1, -0.05) is 12.1 Å². The number of hydrogen-bond donors (Lipinski definition) is 2. The number of carbonyl (C=O) groups is 1. The zero-order valence-electron chi connectivity index (χ0n) is 14.4. The van der Waals surface area contributed by atoms with Gasteiger partial charge in [-0.15, -0.1) is 10.2 Å². The monoisotopic (exact) mass is 352 g/mol. The van der Waals surface area contributed by atoms with E-state index in [0.717, 1.165) is 11.3 Å². The lowest BCUT2D eigenvalue weighted by atomic mass is 10.1. The van der Waals surface area contributed by atoms with Gasteiger partial charge >= 0.3 is 0 Å². The van der Waals surface area contributed by atoms with E-state index < -0.39 is 0 Å². The third-order valence-electron chi connectivity index (χ3n) is 3.67. The average Bonchev–Trinajstić information content (AvgIpc) is 3.21. The quantitative estimate of drug-likeness (QED) is 0.596. The van der Waals surface area contributed by atoms with E-state index >= 15 is 0 Å². The molecule has 3 aromatic rings. The summed E-state index contributed by atoms with van der Waals surface area (Å²) in [5.74, 6) is 2.04. The second-order valence-corrected chi connectivity index (χ2v) is 5.53. The number of nitrogens with one attached hydrogen (secondary N) is 2. The Labute approximate surface area is 151 Å². The Morgan fingerprint density at radius 3 is 2.62 bits per heavy atom. The van der Waals surface area contributed by atoms with Crippen molar-refractivity contribution in [2.45, 2.75) is 6.42 Å². The molecule has 0 aliphatic carbocycles. The maximum Gasteiger partial charge on any atom is 0.224 e. The summed E-state index contributed by atoms with van der Waals surface area (Å²) in [6.07, 6.45) is 3.82. The van der Waals surface area contributed by atoms with Crippen molar-refractivity contribution in [1.29, 1.82) is 0 Å². The molecule has 1 aromatic carbocycles. The summed E-state index contributed by atoms with van der Waals surface area (Å²) >= 11 is 0. The summed E-state index contributed by atoms with van der Waals surface area (Å²) in [5, 5.41) is 18.3. The van der Waals surface area contributed by atoms with Gasteiger partial charge < -0.3 is 15.4 Å². The van der Waals surface area contributed by atoms with Crippen LogP contribution in [0.4, 0.5) is 5.82 Å². The highest BCUT2D eigenvalue weighted by molar-refractivity contribution is 5.78. The normalized spacial score (nSPS) is 10.3. The summed E-state index contributed by atoms with van der Waals surface area (Å²) in [5.41, 5.74) is 0.941. The molecule has 2 heterocycles. The molecule has 0 radical (unpaired) electrons. The SMILES string of the molecule is COc1ccc(CC(=O)NCCNc2ccc(-n3cccn3)nn2)cc1. The van der Waals surface area contributed by atoms with E-state index in [1.807, 2.05) is 42.5 Å². The number of nitrogens with zero attached hydrogens (tertiary/aromatic N) is 4. The fraction of sp³-hybridized carbons (Fsp3) is 0.222. The molecule has 3 rings (SSSR count). The Morgan fingerprint density at radius 1 is 1.12 bits per heavy atom. The molecule has 0 saturated heterocycles. The molecule has 8 heteroatoms. The van der Waals surface area contributed by atoms with Gasteiger partial charge in [0.2, 0.25) is 5.91 Å². The third kappa shape index (κ3) is 4.79. The maximum atomic E-state index is 11.9. The Bertz CT molecular complexity index is 816. The van der Waals surface area contributed by atoms with Gasteiger partial charge in [-0.2, -0.15) is 5.10 Å². The molecule has 134 valence electrons. The van der Waals surface area contributed by atoms with Crippen LogP contribution in [0, 0.1) is 0 Å². The lowest BCUT2D eigenvalue weighted by Crippen LogP contribution is -2.30. The number of rotatable bonds is 8. The van der Waals surface area contributed by atoms with Crippen LogP contribution in [0.3, 0.4) is 0 Å². The van der Waals surface area contributed by atoms with Crippen molar-refractivity contribution in [3.63, 3.8) is 0 Å². The zero-order valence-corrected chi connectivity index (χ0v) is 14.4. The van der Waals surface area contributed by atoms with Gasteiger partial charge in [0, 0.05) is 25.5 Å². The largest absolute Gasteiger partial charge is 0.497 e. The van der Waals surface area contributed by atoms with E-state index in [1.165, 1.54) is 0 Å². The molecule has 8 nitrogen and oxygen atoms in total. The number of carbonyl (C=O) groups excluding carboxylic acids is 1. The lowest BCUT2D eigenvalue weighted by molar-refractivity contribution is -0.120. The number of anilines is 1. The summed E-state index contributed by atoms with van der Waals surface area (Å²) in [4.78, 5) is 11.9. The van der Waals surface area contributed by atoms with E-state index in [9.17, 15) is 4.79 Å². The van der Waals surface area contributed by atoms with Crippen molar-refractivity contribution in [2.24, 2.45) is 0 Å². The van der Waals surface area contributed by atoms with Crippen LogP contribution in [0.1, 0.15) is 5.56 Å². The molecule has 0 spiro atoms. The summed E-state index contributed by atoms with van der Waals surface area (Å²) in [6.45, 7) is 1.06. The van der Waals surface area contributed by atoms with Crippen molar-refractivity contribution in [3.05, 3.63) is 60.4 Å². The molecule has 0 unspecified atom stereocenters. The minimum absolute atomic E-state index is 0.0305. The molecule has 0 atom stereocenters. The zero-order chi connectivity index (χ0) is 18.2. The van der Waals surface area contributed by atoms with Crippen molar-refractivity contribution in [1.82, 2.24) is 25.3 Å². The van der Waals surface area contributed by atoms with E-state index in [1.54, 1.807) is 24.2 Å². The van der Waals surface area contributed by atoms with Crippen LogP contribution < -0.4 is 15.4 Å². The topological polar surface area (TPSA) is 94.0 Å². The minimum atomic E-state index is -0.0305. The first-order valence-electron chi connectivity index (χ1n) is 8.22. The molecule has 0 aliphatic heterocycles. The third-order valence-corrected chi connectivity index (χ3v) is 3.67. The van der Waals surface area contributed by atoms with Crippen LogP contribution in [0.25, 0.3) is 5.82 Å². The molecule has 0 saturated carbocycles. The van der Waals surface area contributed by atoms with Gasteiger partial charge in [0.1, 0.15) is 11.6 Å². The molecular formula is C18H20N6O2. The van der Waals surface area contributed by atoms with Gasteiger partial charge in [-0.05, 0) is 35.9 Å². The van der Waals surface area contributed by atoms with Gasteiger partial charge in [0.05, 0.1) is 13.5 Å². The van der Waals surface area contributed by atoms with Gasteiger partial charge in [0.15, 0.2) is 5.82 Å². The van der Waals surface area contributed by atoms with Crippen LogP contribution in [0.15, 0.2) is 54.9 Å². The number of ether oxygens (including phenoxy) is 1. The van der Waals surface area contributed by atoms with Crippen molar-refractivity contribution < 1.29 is 9.53 Å². The highest BCUT2D eigenvalue weighted by atomic mass is 16.5. The number of benzene rings is 1. The molecule has 1 amide bonds. The molecule has 2 N–H and O–H groups in total. The van der Waals surface area contributed by atoms with Crippen LogP contribution in [-0.4, -0.2) is 46.1 Å². The molecule has 0 bridgehead atoms. The van der Waals surface area contributed by atoms with Crippen LogP contribution >= 0.6 is 0 Å². The number of hydrogen-bond acceptors (Lipinski definition) is 6. The number of aromatic nitrogens is 4. The molecule has 0 fully saturated rings. The Balaban J connectivity index is 1.38. The van der Waals surface area contributed by atoms with Crippen LogP contribution in [0.2, 0.25) is 0 Å². The van der Waals surface area contributed by atoms with E-state index in [2.05, 4.69) is 25.9 Å². The Kier molecular flexibility index (Phi) is 5.76. The van der Waals surface area contributed by atoms with E-state index in [4.69, 9.17) is 4.74 Å². The van der Waals surface area contributed by atoms with Gasteiger partial charge in [-0.3, -0.25) is 4.79 Å².